The monoisotopic (exact) mass is 343 g/mol. The van der Waals surface area contributed by atoms with Gasteiger partial charge in [0.1, 0.15) is 0 Å². The van der Waals surface area contributed by atoms with Crippen LogP contribution in [0.3, 0.4) is 0 Å². The summed E-state index contributed by atoms with van der Waals surface area (Å²) in [4.78, 5) is 18.0. The quantitative estimate of drug-likeness (QED) is 0.892. The molecule has 0 unspecified atom stereocenters. The first-order valence-electron chi connectivity index (χ1n) is 8.32. The predicted molar refractivity (Wildman–Crippen MR) is 85.6 cm³/mol. The molecule has 0 radical (unpaired) electrons. The normalized spacial score (nSPS) is 19.5. The van der Waals surface area contributed by atoms with Gasteiger partial charge in [-0.25, -0.2) is 0 Å². The van der Waals surface area contributed by atoms with Crippen LogP contribution in [0.1, 0.15) is 49.0 Å². The van der Waals surface area contributed by atoms with Crippen LogP contribution in [0.5, 0.6) is 0 Å². The van der Waals surface area contributed by atoms with Crippen LogP contribution in [0.25, 0.3) is 0 Å². The van der Waals surface area contributed by atoms with Crippen LogP contribution in [-0.2, 0) is 6.18 Å². The van der Waals surface area contributed by atoms with E-state index in [2.05, 4.69) is 29.0 Å². The summed E-state index contributed by atoms with van der Waals surface area (Å²) in [6.07, 6.45) is 0.472. The fourth-order valence-corrected chi connectivity index (χ4v) is 3.12. The second kappa shape index (κ2) is 7.96. The van der Waals surface area contributed by atoms with Crippen molar-refractivity contribution in [2.75, 3.05) is 19.6 Å². The molecule has 134 valence electrons. The summed E-state index contributed by atoms with van der Waals surface area (Å²) in [7, 11) is 0. The van der Waals surface area contributed by atoms with Gasteiger partial charge in [0.2, 0.25) is 0 Å². The van der Waals surface area contributed by atoms with Crippen LogP contribution in [0.15, 0.2) is 18.5 Å². The number of alkyl halides is 3. The van der Waals surface area contributed by atoms with E-state index < -0.39 is 17.6 Å². The lowest BCUT2D eigenvalue weighted by atomic mass is 10.00. The number of nitrogens with one attached hydrogen (secondary N) is 1. The molecule has 7 heteroatoms. The van der Waals surface area contributed by atoms with Crippen LogP contribution in [-0.4, -0.2) is 41.5 Å². The Bertz CT molecular complexity index is 560. The lowest BCUT2D eigenvalue weighted by Crippen LogP contribution is -2.48. The third-order valence-electron chi connectivity index (χ3n) is 4.22. The van der Waals surface area contributed by atoms with Gasteiger partial charge in [0.25, 0.3) is 5.91 Å². The average Bonchev–Trinajstić information content (AvgIpc) is 2.52. The number of nitrogens with zero attached hydrogens (tertiary/aromatic N) is 2. The number of carbonyl (C=O) groups excluding carboxylic acids is 1. The molecule has 1 amide bonds. The highest BCUT2D eigenvalue weighted by atomic mass is 19.4. The largest absolute Gasteiger partial charge is 0.418 e. The summed E-state index contributed by atoms with van der Waals surface area (Å²) < 4.78 is 38.9. The topological polar surface area (TPSA) is 45.2 Å². The van der Waals surface area contributed by atoms with Gasteiger partial charge in [0.05, 0.1) is 11.1 Å². The molecule has 0 aliphatic carbocycles. The molecular weight excluding hydrogens is 319 g/mol. The molecule has 1 saturated heterocycles. The second-order valence-corrected chi connectivity index (χ2v) is 6.67. The van der Waals surface area contributed by atoms with Gasteiger partial charge >= 0.3 is 6.18 Å². The molecule has 2 heterocycles. The van der Waals surface area contributed by atoms with E-state index in [1.165, 1.54) is 6.20 Å². The van der Waals surface area contributed by atoms with Gasteiger partial charge in [-0.1, -0.05) is 20.3 Å². The molecule has 1 aliphatic heterocycles. The Morgan fingerprint density at radius 2 is 2.17 bits per heavy atom. The number of hydrogen-bond donors (Lipinski definition) is 1. The Balaban J connectivity index is 2.02. The first kappa shape index (κ1) is 18.7. The Kier molecular flexibility index (Phi) is 6.21. The lowest BCUT2D eigenvalue weighted by molar-refractivity contribution is -0.138. The summed E-state index contributed by atoms with van der Waals surface area (Å²) in [6, 6.07) is 1.30. The van der Waals surface area contributed by atoms with Crippen LogP contribution in [0, 0.1) is 5.92 Å². The molecule has 0 bridgehead atoms. The zero-order valence-corrected chi connectivity index (χ0v) is 14.1. The molecule has 1 fully saturated rings. The highest BCUT2D eigenvalue weighted by molar-refractivity contribution is 5.95. The summed E-state index contributed by atoms with van der Waals surface area (Å²) in [5.74, 6) is -0.182. The molecule has 2 rings (SSSR count). The SMILES string of the molecule is CC(C)CN1CCCC[C@@H]1CNC(=O)c1ccncc1C(F)(F)F. The number of hydrogen-bond acceptors (Lipinski definition) is 3. The molecule has 1 N–H and O–H groups in total. The van der Waals surface area contributed by atoms with E-state index in [9.17, 15) is 18.0 Å². The van der Waals surface area contributed by atoms with Crippen LogP contribution in [0.4, 0.5) is 13.2 Å². The zero-order valence-electron chi connectivity index (χ0n) is 14.1. The maximum atomic E-state index is 13.0. The number of carbonyl (C=O) groups is 1. The Morgan fingerprint density at radius 1 is 1.42 bits per heavy atom. The first-order valence-corrected chi connectivity index (χ1v) is 8.32. The highest BCUT2D eigenvalue weighted by Crippen LogP contribution is 2.31. The lowest BCUT2D eigenvalue weighted by Gasteiger charge is -2.36. The first-order chi connectivity index (χ1) is 11.3. The van der Waals surface area contributed by atoms with E-state index in [4.69, 9.17) is 0 Å². The third-order valence-corrected chi connectivity index (χ3v) is 4.22. The molecule has 1 aromatic rings. The average molecular weight is 343 g/mol. The molecule has 0 saturated carbocycles. The van der Waals surface area contributed by atoms with Crippen molar-refractivity contribution in [1.82, 2.24) is 15.2 Å². The highest BCUT2D eigenvalue weighted by Gasteiger charge is 2.35. The predicted octanol–water partition coefficient (Wildman–Crippen LogP) is 3.34. The number of likely N-dealkylation sites (tertiary alicyclic amines) is 1. The van der Waals surface area contributed by atoms with E-state index in [1.54, 1.807) is 0 Å². The van der Waals surface area contributed by atoms with Gasteiger partial charge in [-0.05, 0) is 31.4 Å². The van der Waals surface area contributed by atoms with Crippen LogP contribution < -0.4 is 5.32 Å². The summed E-state index contributed by atoms with van der Waals surface area (Å²) in [5, 5.41) is 2.68. The van der Waals surface area contributed by atoms with Gasteiger partial charge in [0, 0.05) is 31.5 Å². The summed E-state index contributed by atoms with van der Waals surface area (Å²) in [5.41, 5.74) is -1.37. The van der Waals surface area contributed by atoms with Gasteiger partial charge in [-0.2, -0.15) is 13.2 Å². The minimum absolute atomic E-state index is 0.182. The third kappa shape index (κ3) is 4.93. The summed E-state index contributed by atoms with van der Waals surface area (Å²) in [6.45, 7) is 6.55. The van der Waals surface area contributed by atoms with E-state index in [1.807, 2.05) is 0 Å². The number of aromatic nitrogens is 1. The number of halogens is 3. The van der Waals surface area contributed by atoms with Crippen molar-refractivity contribution in [3.05, 3.63) is 29.6 Å². The molecule has 4 nitrogen and oxygen atoms in total. The Labute approximate surface area is 140 Å². The molecule has 24 heavy (non-hydrogen) atoms. The molecule has 1 aliphatic rings. The van der Waals surface area contributed by atoms with Crippen molar-refractivity contribution in [2.24, 2.45) is 5.92 Å². The molecule has 1 atom stereocenters. The summed E-state index contributed by atoms with van der Waals surface area (Å²) >= 11 is 0. The molecule has 1 aromatic heterocycles. The Hall–Kier alpha value is -1.63. The van der Waals surface area contributed by atoms with Crippen molar-refractivity contribution in [1.29, 1.82) is 0 Å². The van der Waals surface area contributed by atoms with Crippen LogP contribution in [0.2, 0.25) is 0 Å². The van der Waals surface area contributed by atoms with Gasteiger partial charge in [-0.3, -0.25) is 14.7 Å². The fourth-order valence-electron chi connectivity index (χ4n) is 3.12. The molecule has 0 aromatic carbocycles. The van der Waals surface area contributed by atoms with Crippen molar-refractivity contribution in [2.45, 2.75) is 45.3 Å². The van der Waals surface area contributed by atoms with Gasteiger partial charge in [-0.15, -0.1) is 0 Å². The van der Waals surface area contributed by atoms with E-state index in [-0.39, 0.29) is 11.6 Å². The van der Waals surface area contributed by atoms with E-state index in [0.717, 1.165) is 38.4 Å². The van der Waals surface area contributed by atoms with Crippen LogP contribution >= 0.6 is 0 Å². The second-order valence-electron chi connectivity index (χ2n) is 6.67. The van der Waals surface area contributed by atoms with Crippen molar-refractivity contribution in [3.8, 4) is 0 Å². The van der Waals surface area contributed by atoms with Crippen molar-refractivity contribution < 1.29 is 18.0 Å². The maximum absolute atomic E-state index is 13.0. The van der Waals surface area contributed by atoms with Crippen molar-refractivity contribution >= 4 is 5.91 Å². The zero-order chi connectivity index (χ0) is 17.7. The molecule has 0 spiro atoms. The minimum atomic E-state index is -4.59. The minimum Gasteiger partial charge on any atom is -0.350 e. The smallest absolute Gasteiger partial charge is 0.350 e. The maximum Gasteiger partial charge on any atom is 0.418 e. The van der Waals surface area contributed by atoms with E-state index in [0.29, 0.717) is 18.7 Å². The Morgan fingerprint density at radius 3 is 2.83 bits per heavy atom. The number of amides is 1. The number of rotatable bonds is 5. The molecular formula is C17H24F3N3O. The fraction of sp³-hybridized carbons (Fsp3) is 0.647. The standard InChI is InChI=1S/C17H24F3N3O/c1-12(2)11-23-8-4-3-5-13(23)9-22-16(24)14-6-7-21-10-15(14)17(18,19)20/h6-7,10,12-13H,3-5,8-9,11H2,1-2H3,(H,22,24)/t13-/m1/s1. The van der Waals surface area contributed by atoms with Gasteiger partial charge < -0.3 is 5.32 Å². The van der Waals surface area contributed by atoms with Gasteiger partial charge in [0.15, 0.2) is 0 Å². The number of piperidine rings is 1. The van der Waals surface area contributed by atoms with E-state index >= 15 is 0 Å². The number of pyridine rings is 1. The van der Waals surface area contributed by atoms with Crippen molar-refractivity contribution in [3.63, 3.8) is 0 Å².